The summed E-state index contributed by atoms with van der Waals surface area (Å²) in [6.07, 6.45) is 13.6. The minimum atomic E-state index is -1.19. The van der Waals surface area contributed by atoms with Crippen LogP contribution >= 0.6 is 8.53 Å². The van der Waals surface area contributed by atoms with Gasteiger partial charge in [-0.15, -0.1) is 0 Å². The van der Waals surface area contributed by atoms with Gasteiger partial charge in [0.05, 0.1) is 17.8 Å². The quantitative estimate of drug-likeness (QED) is 0.470. The summed E-state index contributed by atoms with van der Waals surface area (Å²) in [6, 6.07) is 2.07. The number of likely N-dealkylation sites (N-methyl/N-ethyl adjacent to an activating group) is 1. The zero-order chi connectivity index (χ0) is 26.2. The van der Waals surface area contributed by atoms with E-state index < -0.39 is 20.4 Å². The van der Waals surface area contributed by atoms with Crippen LogP contribution in [-0.2, 0) is 18.6 Å². The van der Waals surface area contributed by atoms with E-state index in [2.05, 4.69) is 28.9 Å². The molecule has 9 nitrogen and oxygen atoms in total. The first-order valence-corrected chi connectivity index (χ1v) is 15.4. The zero-order valence-corrected chi connectivity index (χ0v) is 23.6. The molecule has 206 valence electrons. The van der Waals surface area contributed by atoms with Crippen LogP contribution in [0, 0.1) is 11.8 Å². The largest absolute Gasteiger partial charge is 0.352 e. The van der Waals surface area contributed by atoms with Crippen LogP contribution in [0.1, 0.15) is 97.6 Å². The second kappa shape index (κ2) is 11.4. The monoisotopic (exact) mass is 534 g/mol. The Kier molecular flexibility index (Phi) is 8.37. The highest BCUT2D eigenvalue weighted by molar-refractivity contribution is 7.45. The molecule has 1 N–H and O–H groups in total. The van der Waals surface area contributed by atoms with E-state index >= 15 is 0 Å². The molecule has 1 aromatic rings. The van der Waals surface area contributed by atoms with Gasteiger partial charge in [-0.25, -0.2) is 9.46 Å². The van der Waals surface area contributed by atoms with Crippen molar-refractivity contribution >= 4 is 20.3 Å². The van der Waals surface area contributed by atoms with Crippen molar-refractivity contribution in [3.8, 4) is 0 Å². The van der Waals surface area contributed by atoms with E-state index in [0.717, 1.165) is 12.8 Å². The van der Waals surface area contributed by atoms with Crippen molar-refractivity contribution in [2.45, 2.75) is 121 Å². The number of ether oxygens (including phenoxy) is 1. The van der Waals surface area contributed by atoms with Crippen molar-refractivity contribution < 1.29 is 18.6 Å². The van der Waals surface area contributed by atoms with Gasteiger partial charge in [-0.1, -0.05) is 52.9 Å². The summed E-state index contributed by atoms with van der Waals surface area (Å²) in [6.45, 7) is 5.69. The predicted octanol–water partition coefficient (Wildman–Crippen LogP) is 5.37. The lowest BCUT2D eigenvalue weighted by molar-refractivity contribution is -0.118. The zero-order valence-electron chi connectivity index (χ0n) is 22.7. The minimum absolute atomic E-state index is 0.0726. The Hall–Kier alpha value is -1.38. The second-order valence-corrected chi connectivity index (χ2v) is 13.0. The highest BCUT2D eigenvalue weighted by Gasteiger charge is 2.58. The van der Waals surface area contributed by atoms with Crippen molar-refractivity contribution in [3.05, 3.63) is 22.7 Å². The average molecular weight is 535 g/mol. The molecule has 0 bridgehead atoms. The Bertz CT molecular complexity index is 1010. The molecule has 0 radical (unpaired) electrons. The number of hydrogen-bond acceptors (Lipinski definition) is 7. The summed E-state index contributed by atoms with van der Waals surface area (Å²) in [7, 11) is 0.992. The van der Waals surface area contributed by atoms with Gasteiger partial charge in [0.15, 0.2) is 0 Å². The number of fused-ring (bicyclic) bond motifs is 1. The number of rotatable bonds is 7. The van der Waals surface area contributed by atoms with Gasteiger partial charge in [0.25, 0.3) is 8.53 Å². The standard InChI is InChI=1S/C27H43N4O5P/c1-5-20-21(17-24(34-20)31-16-14-23(29-26(31)33)28-25(32)18(2)3)35-37-30(4)22-13-9-10-15-27(22,36-37)19-11-7-6-8-12-19/h14,16,18-22,24H,5-13,15,17H2,1-4H3,(H,28,29,32,33)/t20-,21?,22+,24-,27-,37-/m1/s1. The molecule has 1 amide bonds. The first-order valence-electron chi connectivity index (χ1n) is 14.3. The van der Waals surface area contributed by atoms with Crippen LogP contribution in [0.2, 0.25) is 0 Å². The summed E-state index contributed by atoms with van der Waals surface area (Å²) in [4.78, 5) is 28.9. The Morgan fingerprint density at radius 1 is 1.24 bits per heavy atom. The maximum absolute atomic E-state index is 12.8. The number of amides is 1. The van der Waals surface area contributed by atoms with E-state index in [0.29, 0.717) is 18.4 Å². The molecule has 2 aliphatic heterocycles. The van der Waals surface area contributed by atoms with Gasteiger partial charge in [-0.05, 0) is 51.1 Å². The number of nitrogens with one attached hydrogen (secondary N) is 1. The molecule has 3 heterocycles. The molecule has 4 aliphatic rings. The first kappa shape index (κ1) is 27.2. The third-order valence-corrected chi connectivity index (χ3v) is 10.6. The molecule has 2 aliphatic carbocycles. The number of anilines is 1. The SMILES string of the molecule is CC[C@H]1O[C@@H](n2ccc(NC(=O)C(C)C)nc2=O)CC1O[P@]1O[C@@]2(C3CCCCC3)CCCC[C@@H]2N1C. The lowest BCUT2D eigenvalue weighted by Crippen LogP contribution is -2.52. The molecule has 1 unspecified atom stereocenters. The summed E-state index contributed by atoms with van der Waals surface area (Å²) in [5.74, 6) is 0.525. The molecule has 5 rings (SSSR count). The number of nitrogens with zero attached hydrogens (tertiary/aromatic N) is 3. The van der Waals surface area contributed by atoms with Crippen molar-refractivity contribution in [1.82, 2.24) is 14.2 Å². The van der Waals surface area contributed by atoms with Crippen LogP contribution in [0.15, 0.2) is 17.1 Å². The van der Waals surface area contributed by atoms with E-state index in [1.807, 2.05) is 0 Å². The van der Waals surface area contributed by atoms with Crippen LogP contribution in [-0.4, -0.2) is 51.0 Å². The normalized spacial score (nSPS) is 35.1. The van der Waals surface area contributed by atoms with Crippen molar-refractivity contribution in [1.29, 1.82) is 0 Å². The molecule has 37 heavy (non-hydrogen) atoms. The lowest BCUT2D eigenvalue weighted by atomic mass is 9.67. The van der Waals surface area contributed by atoms with E-state index in [9.17, 15) is 9.59 Å². The lowest BCUT2D eigenvalue weighted by Gasteiger charge is -2.45. The molecular weight excluding hydrogens is 491 g/mol. The maximum Gasteiger partial charge on any atom is 0.351 e. The third-order valence-electron chi connectivity index (χ3n) is 8.84. The van der Waals surface area contributed by atoms with Gasteiger partial charge >= 0.3 is 5.69 Å². The fraction of sp³-hybridized carbons (Fsp3) is 0.815. The predicted molar refractivity (Wildman–Crippen MR) is 143 cm³/mol. The van der Waals surface area contributed by atoms with E-state index in [4.69, 9.17) is 13.8 Å². The maximum atomic E-state index is 12.8. The van der Waals surface area contributed by atoms with E-state index in [-0.39, 0.29) is 35.5 Å². The summed E-state index contributed by atoms with van der Waals surface area (Å²) in [5.41, 5.74) is -0.513. The molecule has 1 aromatic heterocycles. The number of carbonyl (C=O) groups excluding carboxylic acids is 1. The Morgan fingerprint density at radius 3 is 2.70 bits per heavy atom. The summed E-state index contributed by atoms with van der Waals surface area (Å²) in [5, 5.41) is 2.69. The second-order valence-electron chi connectivity index (χ2n) is 11.5. The van der Waals surface area contributed by atoms with Crippen LogP contribution < -0.4 is 11.0 Å². The number of hydrogen-bond donors (Lipinski definition) is 1. The third kappa shape index (κ3) is 5.40. The number of aromatic nitrogens is 2. The van der Waals surface area contributed by atoms with Crippen LogP contribution in [0.4, 0.5) is 5.82 Å². The Labute approximate surface area is 221 Å². The van der Waals surface area contributed by atoms with Crippen molar-refractivity contribution in [3.63, 3.8) is 0 Å². The average Bonchev–Trinajstić information content (AvgIpc) is 3.43. The molecule has 10 heteroatoms. The van der Waals surface area contributed by atoms with Gasteiger partial charge in [0.2, 0.25) is 5.91 Å². The fourth-order valence-corrected chi connectivity index (χ4v) is 8.72. The summed E-state index contributed by atoms with van der Waals surface area (Å²) < 4.78 is 23.9. The van der Waals surface area contributed by atoms with Gasteiger partial charge < -0.3 is 19.1 Å². The first-order chi connectivity index (χ1) is 17.8. The molecule has 2 saturated heterocycles. The Morgan fingerprint density at radius 2 is 2.00 bits per heavy atom. The van der Waals surface area contributed by atoms with Crippen molar-refractivity contribution in [2.24, 2.45) is 11.8 Å². The molecule has 0 aromatic carbocycles. The smallest absolute Gasteiger partial charge is 0.351 e. The molecular formula is C27H43N4O5P. The van der Waals surface area contributed by atoms with Gasteiger partial charge in [0.1, 0.15) is 12.0 Å². The van der Waals surface area contributed by atoms with Crippen LogP contribution in [0.25, 0.3) is 0 Å². The molecule has 4 fully saturated rings. The van der Waals surface area contributed by atoms with Crippen LogP contribution in [0.3, 0.4) is 0 Å². The fourth-order valence-electron chi connectivity index (χ4n) is 6.75. The van der Waals surface area contributed by atoms with E-state index in [1.54, 1.807) is 26.1 Å². The molecule has 6 atom stereocenters. The van der Waals surface area contributed by atoms with Gasteiger partial charge in [-0.2, -0.15) is 4.98 Å². The van der Waals surface area contributed by atoms with Gasteiger partial charge in [0, 0.05) is 24.6 Å². The summed E-state index contributed by atoms with van der Waals surface area (Å²) >= 11 is 0. The highest BCUT2D eigenvalue weighted by Crippen LogP contribution is 2.64. The van der Waals surface area contributed by atoms with Crippen LogP contribution in [0.5, 0.6) is 0 Å². The molecule has 0 spiro atoms. The topological polar surface area (TPSA) is 94.9 Å². The molecule has 2 saturated carbocycles. The van der Waals surface area contributed by atoms with Crippen molar-refractivity contribution in [2.75, 3.05) is 12.4 Å². The van der Waals surface area contributed by atoms with Gasteiger partial charge in [-0.3, -0.25) is 9.36 Å². The number of carbonyl (C=O) groups is 1. The Balaban J connectivity index is 1.29. The van der Waals surface area contributed by atoms with E-state index in [1.165, 1.54) is 55.9 Å². The minimum Gasteiger partial charge on any atom is -0.352 e. The highest BCUT2D eigenvalue weighted by atomic mass is 31.2.